The maximum absolute atomic E-state index is 9.03. The van der Waals surface area contributed by atoms with Gasteiger partial charge in [-0.3, -0.25) is 4.90 Å². The molecular formula is C13H27NO2. The molecule has 1 aliphatic heterocycles. The van der Waals surface area contributed by atoms with E-state index in [1.54, 1.807) is 0 Å². The van der Waals surface area contributed by atoms with Crippen molar-refractivity contribution in [3.8, 4) is 0 Å². The summed E-state index contributed by atoms with van der Waals surface area (Å²) in [6.45, 7) is 9.55. The van der Waals surface area contributed by atoms with Crippen LogP contribution >= 0.6 is 0 Å². The number of ether oxygens (including phenoxy) is 1. The lowest BCUT2D eigenvalue weighted by atomic mass is 10.00. The fourth-order valence-corrected chi connectivity index (χ4v) is 2.30. The van der Waals surface area contributed by atoms with E-state index in [4.69, 9.17) is 9.84 Å². The van der Waals surface area contributed by atoms with E-state index < -0.39 is 0 Å². The summed E-state index contributed by atoms with van der Waals surface area (Å²) in [4.78, 5) is 2.48. The van der Waals surface area contributed by atoms with E-state index in [1.807, 2.05) is 0 Å². The van der Waals surface area contributed by atoms with E-state index in [9.17, 15) is 0 Å². The fraction of sp³-hybridized carbons (Fsp3) is 1.00. The van der Waals surface area contributed by atoms with Crippen molar-refractivity contribution >= 4 is 0 Å². The Morgan fingerprint density at radius 3 is 2.69 bits per heavy atom. The molecule has 0 bridgehead atoms. The molecule has 0 aromatic rings. The average Bonchev–Trinajstić information content (AvgIpc) is 2.19. The number of nitrogens with zero attached hydrogens (tertiary/aromatic N) is 1. The van der Waals surface area contributed by atoms with Gasteiger partial charge in [-0.25, -0.2) is 0 Å². The highest BCUT2D eigenvalue weighted by Crippen LogP contribution is 2.19. The molecule has 0 radical (unpaired) electrons. The number of aliphatic hydroxyl groups excluding tert-OH is 1. The second-order valence-corrected chi connectivity index (χ2v) is 5.66. The molecule has 0 aliphatic carbocycles. The summed E-state index contributed by atoms with van der Waals surface area (Å²) < 4.78 is 5.75. The summed E-state index contributed by atoms with van der Waals surface area (Å²) in [7, 11) is 0. The molecule has 1 atom stereocenters. The molecule has 1 unspecified atom stereocenters. The second kappa shape index (κ2) is 6.58. The predicted octanol–water partition coefficient (Wildman–Crippen LogP) is 2.04. The molecular weight excluding hydrogens is 202 g/mol. The van der Waals surface area contributed by atoms with E-state index >= 15 is 0 Å². The first-order chi connectivity index (χ1) is 7.53. The highest BCUT2D eigenvalue weighted by molar-refractivity contribution is 4.76. The number of aliphatic hydroxyl groups is 1. The number of hydrogen-bond acceptors (Lipinski definition) is 3. The van der Waals surface area contributed by atoms with Gasteiger partial charge in [0.15, 0.2) is 0 Å². The molecule has 0 aromatic heterocycles. The molecule has 0 saturated carbocycles. The van der Waals surface area contributed by atoms with Gasteiger partial charge in [0.2, 0.25) is 0 Å². The summed E-state index contributed by atoms with van der Waals surface area (Å²) in [5, 5.41) is 9.03. The third-order valence-corrected chi connectivity index (χ3v) is 3.12. The van der Waals surface area contributed by atoms with Crippen LogP contribution in [-0.2, 0) is 4.74 Å². The van der Waals surface area contributed by atoms with Crippen LogP contribution in [0.3, 0.4) is 0 Å². The summed E-state index contributed by atoms with van der Waals surface area (Å²) in [5.41, 5.74) is -0.0394. The van der Waals surface area contributed by atoms with Crippen molar-refractivity contribution in [1.29, 1.82) is 0 Å². The van der Waals surface area contributed by atoms with Gasteiger partial charge in [0.05, 0.1) is 12.2 Å². The van der Waals surface area contributed by atoms with Crippen molar-refractivity contribution in [2.75, 3.05) is 26.3 Å². The minimum Gasteiger partial charge on any atom is -0.396 e. The first kappa shape index (κ1) is 13.9. The number of rotatable bonds is 5. The number of piperidine rings is 1. The van der Waals surface area contributed by atoms with Crippen LogP contribution in [0.1, 0.15) is 46.5 Å². The molecule has 1 aliphatic rings. The number of likely N-dealkylation sites (tertiary alicyclic amines) is 1. The molecule has 1 saturated heterocycles. The number of hydrogen-bond donors (Lipinski definition) is 1. The monoisotopic (exact) mass is 229 g/mol. The Hall–Kier alpha value is -0.120. The molecule has 3 heteroatoms. The lowest BCUT2D eigenvalue weighted by molar-refractivity contribution is -0.0225. The third-order valence-electron chi connectivity index (χ3n) is 3.12. The molecule has 0 amide bonds. The van der Waals surface area contributed by atoms with Gasteiger partial charge in [-0.05, 0) is 46.6 Å². The van der Waals surface area contributed by atoms with Crippen molar-refractivity contribution in [3.63, 3.8) is 0 Å². The van der Waals surface area contributed by atoms with Crippen LogP contribution in [0.15, 0.2) is 0 Å². The van der Waals surface area contributed by atoms with E-state index in [-0.39, 0.29) is 5.60 Å². The standard InChI is InChI=1S/C13H27NO2/c1-13(2,3)16-11-9-14-8-5-4-6-12(14)7-10-15/h12,15H,4-11H2,1-3H3. The van der Waals surface area contributed by atoms with Crippen LogP contribution in [0.4, 0.5) is 0 Å². The molecule has 1 N–H and O–H groups in total. The highest BCUT2D eigenvalue weighted by Gasteiger charge is 2.22. The maximum atomic E-state index is 9.03. The minimum atomic E-state index is -0.0394. The molecule has 1 fully saturated rings. The first-order valence-corrected chi connectivity index (χ1v) is 6.52. The lowest BCUT2D eigenvalue weighted by Crippen LogP contribution is -2.42. The Morgan fingerprint density at radius 1 is 1.31 bits per heavy atom. The van der Waals surface area contributed by atoms with Gasteiger partial charge in [0, 0.05) is 19.2 Å². The summed E-state index contributed by atoms with van der Waals surface area (Å²) in [6.07, 6.45) is 4.74. The van der Waals surface area contributed by atoms with Gasteiger partial charge >= 0.3 is 0 Å². The largest absolute Gasteiger partial charge is 0.396 e. The SMILES string of the molecule is CC(C)(C)OCCN1CCCCC1CCO. The molecule has 3 nitrogen and oxygen atoms in total. The van der Waals surface area contributed by atoms with Gasteiger partial charge in [0.25, 0.3) is 0 Å². The van der Waals surface area contributed by atoms with Crippen molar-refractivity contribution in [2.45, 2.75) is 58.1 Å². The zero-order chi connectivity index (χ0) is 12.0. The summed E-state index contributed by atoms with van der Waals surface area (Å²) in [5.74, 6) is 0. The Bertz CT molecular complexity index is 187. The van der Waals surface area contributed by atoms with Crippen molar-refractivity contribution in [3.05, 3.63) is 0 Å². The van der Waals surface area contributed by atoms with E-state index in [0.29, 0.717) is 12.6 Å². The molecule has 1 heterocycles. The Morgan fingerprint density at radius 2 is 2.06 bits per heavy atom. The predicted molar refractivity (Wildman–Crippen MR) is 66.6 cm³/mol. The summed E-state index contributed by atoms with van der Waals surface area (Å²) >= 11 is 0. The molecule has 16 heavy (non-hydrogen) atoms. The van der Waals surface area contributed by atoms with Crippen LogP contribution in [-0.4, -0.2) is 48.0 Å². The van der Waals surface area contributed by atoms with Crippen LogP contribution in [0.2, 0.25) is 0 Å². The van der Waals surface area contributed by atoms with Gasteiger partial charge in [-0.2, -0.15) is 0 Å². The van der Waals surface area contributed by atoms with Crippen molar-refractivity contribution in [2.24, 2.45) is 0 Å². The second-order valence-electron chi connectivity index (χ2n) is 5.66. The Balaban J connectivity index is 2.27. The topological polar surface area (TPSA) is 32.7 Å². The fourth-order valence-electron chi connectivity index (χ4n) is 2.30. The van der Waals surface area contributed by atoms with Crippen molar-refractivity contribution < 1.29 is 9.84 Å². The first-order valence-electron chi connectivity index (χ1n) is 6.52. The Labute approximate surface area is 99.8 Å². The molecule has 0 aromatic carbocycles. The third kappa shape index (κ3) is 5.28. The normalized spacial score (nSPS) is 23.6. The molecule has 96 valence electrons. The smallest absolute Gasteiger partial charge is 0.0600 e. The quantitative estimate of drug-likeness (QED) is 0.783. The van der Waals surface area contributed by atoms with Crippen LogP contribution in [0, 0.1) is 0 Å². The van der Waals surface area contributed by atoms with Gasteiger partial charge in [-0.1, -0.05) is 6.42 Å². The van der Waals surface area contributed by atoms with E-state index in [2.05, 4.69) is 25.7 Å². The molecule has 1 rings (SSSR count). The van der Waals surface area contributed by atoms with Crippen LogP contribution in [0.5, 0.6) is 0 Å². The van der Waals surface area contributed by atoms with Gasteiger partial charge in [-0.15, -0.1) is 0 Å². The zero-order valence-electron chi connectivity index (χ0n) is 11.0. The van der Waals surface area contributed by atoms with E-state index in [1.165, 1.54) is 19.3 Å². The Kier molecular flexibility index (Phi) is 5.73. The van der Waals surface area contributed by atoms with E-state index in [0.717, 1.165) is 26.1 Å². The van der Waals surface area contributed by atoms with Gasteiger partial charge in [0.1, 0.15) is 0 Å². The lowest BCUT2D eigenvalue weighted by Gasteiger charge is -2.36. The van der Waals surface area contributed by atoms with Gasteiger partial charge < -0.3 is 9.84 Å². The van der Waals surface area contributed by atoms with Crippen LogP contribution in [0.25, 0.3) is 0 Å². The molecule has 0 spiro atoms. The highest BCUT2D eigenvalue weighted by atomic mass is 16.5. The van der Waals surface area contributed by atoms with Crippen LogP contribution < -0.4 is 0 Å². The summed E-state index contributed by atoms with van der Waals surface area (Å²) in [6, 6.07) is 0.572. The maximum Gasteiger partial charge on any atom is 0.0600 e. The van der Waals surface area contributed by atoms with Crippen molar-refractivity contribution in [1.82, 2.24) is 4.90 Å². The zero-order valence-corrected chi connectivity index (χ0v) is 11.0. The average molecular weight is 229 g/mol. The minimum absolute atomic E-state index is 0.0394.